The third-order valence-electron chi connectivity index (χ3n) is 4.74. The highest BCUT2D eigenvalue weighted by Gasteiger charge is 2.16. The smallest absolute Gasteiger partial charge is 0.248 e. The summed E-state index contributed by atoms with van der Waals surface area (Å²) in [6, 6.07) is 15.9. The lowest BCUT2D eigenvalue weighted by molar-refractivity contribution is -0.116. The molecule has 4 rings (SSSR count). The Balaban J connectivity index is 1.60. The van der Waals surface area contributed by atoms with Crippen LogP contribution in [0.3, 0.4) is 0 Å². The van der Waals surface area contributed by atoms with E-state index in [2.05, 4.69) is 63.7 Å². The van der Waals surface area contributed by atoms with Crippen LogP contribution in [0.4, 0.5) is 11.6 Å². The molecule has 2 aromatic carbocycles. The van der Waals surface area contributed by atoms with Crippen LogP contribution in [-0.4, -0.2) is 21.7 Å². The molecule has 1 unspecified atom stereocenters. The molecule has 2 heterocycles. The van der Waals surface area contributed by atoms with Gasteiger partial charge in [-0.05, 0) is 45.0 Å². The fourth-order valence-corrected chi connectivity index (χ4v) is 3.45. The second-order valence-corrected chi connectivity index (χ2v) is 6.68. The number of benzene rings is 2. The highest BCUT2D eigenvalue weighted by atomic mass is 16.5. The molecule has 0 spiro atoms. The number of fused-ring (bicyclic) bond motifs is 3. The monoisotopic (exact) mass is 362 g/mol. The van der Waals surface area contributed by atoms with Crippen LogP contribution in [0, 0.1) is 6.92 Å². The first kappa shape index (κ1) is 17.1. The standard InChI is InChI=1S/C21H22N4O2/c1-4-25-18-8-6-5-7-16(18)17-12-15(9-10-19(17)25)22-14(3)21(26)23-20-11-13(2)24-27-20/h5-12,14,22H,4H2,1-3H3,(H,23,26). The molecule has 0 bridgehead atoms. The Hall–Kier alpha value is -3.28. The number of rotatable bonds is 5. The summed E-state index contributed by atoms with van der Waals surface area (Å²) in [5.74, 6) is 0.176. The lowest BCUT2D eigenvalue weighted by Gasteiger charge is -2.14. The van der Waals surface area contributed by atoms with Crippen molar-refractivity contribution in [2.75, 3.05) is 10.6 Å². The van der Waals surface area contributed by atoms with Crippen LogP contribution in [0.1, 0.15) is 19.5 Å². The quantitative estimate of drug-likeness (QED) is 0.546. The lowest BCUT2D eigenvalue weighted by Crippen LogP contribution is -2.31. The van der Waals surface area contributed by atoms with Crippen LogP contribution in [-0.2, 0) is 11.3 Å². The first-order valence-corrected chi connectivity index (χ1v) is 9.08. The Morgan fingerprint density at radius 2 is 1.93 bits per heavy atom. The van der Waals surface area contributed by atoms with Crippen molar-refractivity contribution in [2.45, 2.75) is 33.4 Å². The summed E-state index contributed by atoms with van der Waals surface area (Å²) in [7, 11) is 0. The normalized spacial score (nSPS) is 12.4. The van der Waals surface area contributed by atoms with Crippen molar-refractivity contribution in [3.8, 4) is 0 Å². The van der Waals surface area contributed by atoms with Gasteiger partial charge >= 0.3 is 0 Å². The average Bonchev–Trinajstić information content (AvgIpc) is 3.22. The van der Waals surface area contributed by atoms with E-state index in [1.807, 2.05) is 19.9 Å². The first-order chi connectivity index (χ1) is 13.1. The van der Waals surface area contributed by atoms with Crippen LogP contribution in [0.5, 0.6) is 0 Å². The maximum Gasteiger partial charge on any atom is 0.248 e. The molecule has 0 aliphatic rings. The minimum Gasteiger partial charge on any atom is -0.374 e. The van der Waals surface area contributed by atoms with Gasteiger partial charge < -0.3 is 14.4 Å². The van der Waals surface area contributed by atoms with Crippen LogP contribution >= 0.6 is 0 Å². The van der Waals surface area contributed by atoms with E-state index < -0.39 is 6.04 Å². The van der Waals surface area contributed by atoms with Crippen LogP contribution in [0.15, 0.2) is 53.1 Å². The minimum atomic E-state index is -0.424. The number of carbonyl (C=O) groups is 1. The van der Waals surface area contributed by atoms with Gasteiger partial charge in [-0.3, -0.25) is 10.1 Å². The Morgan fingerprint density at radius 1 is 1.15 bits per heavy atom. The van der Waals surface area contributed by atoms with E-state index in [4.69, 9.17) is 4.52 Å². The SMILES string of the molecule is CCn1c2ccccc2c2cc(NC(C)C(=O)Nc3cc(C)no3)ccc21. The van der Waals surface area contributed by atoms with Gasteiger partial charge in [0, 0.05) is 40.1 Å². The minimum absolute atomic E-state index is 0.178. The molecule has 2 aromatic heterocycles. The molecule has 0 fully saturated rings. The van der Waals surface area contributed by atoms with Crippen molar-refractivity contribution in [1.29, 1.82) is 0 Å². The van der Waals surface area contributed by atoms with Gasteiger partial charge in [-0.15, -0.1) is 0 Å². The van der Waals surface area contributed by atoms with Gasteiger partial charge in [0.2, 0.25) is 11.8 Å². The van der Waals surface area contributed by atoms with Crippen molar-refractivity contribution >= 4 is 39.3 Å². The van der Waals surface area contributed by atoms with Gasteiger partial charge in [-0.25, -0.2) is 0 Å². The number of hydrogen-bond acceptors (Lipinski definition) is 4. The molecule has 0 radical (unpaired) electrons. The average molecular weight is 362 g/mol. The summed E-state index contributed by atoms with van der Waals surface area (Å²) in [5, 5.41) is 12.2. The molecule has 1 atom stereocenters. The number of aromatic nitrogens is 2. The summed E-state index contributed by atoms with van der Waals surface area (Å²) in [6.07, 6.45) is 0. The molecular weight excluding hydrogens is 340 g/mol. The number of para-hydroxylation sites is 1. The Bertz CT molecular complexity index is 1130. The summed E-state index contributed by atoms with van der Waals surface area (Å²) < 4.78 is 7.35. The molecule has 0 saturated carbocycles. The highest BCUT2D eigenvalue weighted by molar-refractivity contribution is 6.09. The second-order valence-electron chi connectivity index (χ2n) is 6.68. The molecule has 4 aromatic rings. The van der Waals surface area contributed by atoms with Crippen LogP contribution < -0.4 is 10.6 Å². The number of carbonyl (C=O) groups excluding carboxylic acids is 1. The summed E-state index contributed by atoms with van der Waals surface area (Å²) in [4.78, 5) is 12.4. The number of amides is 1. The topological polar surface area (TPSA) is 72.1 Å². The van der Waals surface area contributed by atoms with Crippen molar-refractivity contribution in [3.05, 3.63) is 54.2 Å². The summed E-state index contributed by atoms with van der Waals surface area (Å²) in [5.41, 5.74) is 4.04. The van der Waals surface area contributed by atoms with Crippen molar-refractivity contribution in [1.82, 2.24) is 9.72 Å². The molecule has 0 aliphatic heterocycles. The van der Waals surface area contributed by atoms with Gasteiger partial charge in [0.15, 0.2) is 0 Å². The maximum atomic E-state index is 12.4. The highest BCUT2D eigenvalue weighted by Crippen LogP contribution is 2.31. The number of anilines is 2. The molecule has 1 amide bonds. The fraction of sp³-hybridized carbons (Fsp3) is 0.238. The number of aryl methyl sites for hydroxylation is 2. The third-order valence-corrected chi connectivity index (χ3v) is 4.74. The Kier molecular flexibility index (Phi) is 4.32. The molecule has 0 saturated heterocycles. The number of hydrogen-bond donors (Lipinski definition) is 2. The van der Waals surface area contributed by atoms with Crippen molar-refractivity contribution < 1.29 is 9.32 Å². The van der Waals surface area contributed by atoms with Crippen LogP contribution in [0.2, 0.25) is 0 Å². The van der Waals surface area contributed by atoms with Crippen molar-refractivity contribution in [3.63, 3.8) is 0 Å². The van der Waals surface area contributed by atoms with Crippen molar-refractivity contribution in [2.24, 2.45) is 0 Å². The van der Waals surface area contributed by atoms with Gasteiger partial charge in [0.1, 0.15) is 6.04 Å². The number of nitrogens with one attached hydrogen (secondary N) is 2. The predicted octanol–water partition coefficient (Wildman–Crippen LogP) is 4.55. The van der Waals surface area contributed by atoms with E-state index in [-0.39, 0.29) is 5.91 Å². The van der Waals surface area contributed by atoms with Crippen LogP contribution in [0.25, 0.3) is 21.8 Å². The molecule has 6 nitrogen and oxygen atoms in total. The number of nitrogens with zero attached hydrogens (tertiary/aromatic N) is 2. The summed E-state index contributed by atoms with van der Waals surface area (Å²) >= 11 is 0. The maximum absolute atomic E-state index is 12.4. The molecule has 6 heteroatoms. The largest absolute Gasteiger partial charge is 0.374 e. The van der Waals surface area contributed by atoms with Gasteiger partial charge in [0.25, 0.3) is 0 Å². The fourth-order valence-electron chi connectivity index (χ4n) is 3.45. The Morgan fingerprint density at radius 3 is 2.67 bits per heavy atom. The molecule has 0 aliphatic carbocycles. The third kappa shape index (κ3) is 3.14. The zero-order valence-electron chi connectivity index (χ0n) is 15.6. The van der Waals surface area contributed by atoms with Gasteiger partial charge in [-0.2, -0.15) is 0 Å². The molecule has 27 heavy (non-hydrogen) atoms. The van der Waals surface area contributed by atoms with E-state index in [9.17, 15) is 4.79 Å². The van der Waals surface area contributed by atoms with E-state index >= 15 is 0 Å². The summed E-state index contributed by atoms with van der Waals surface area (Å²) in [6.45, 7) is 6.68. The van der Waals surface area contributed by atoms with E-state index in [0.717, 1.165) is 17.9 Å². The van der Waals surface area contributed by atoms with E-state index in [0.29, 0.717) is 5.88 Å². The first-order valence-electron chi connectivity index (χ1n) is 9.08. The zero-order chi connectivity index (χ0) is 19.0. The molecular formula is C21H22N4O2. The van der Waals surface area contributed by atoms with E-state index in [1.54, 1.807) is 6.07 Å². The molecule has 138 valence electrons. The van der Waals surface area contributed by atoms with Gasteiger partial charge in [-0.1, -0.05) is 23.4 Å². The lowest BCUT2D eigenvalue weighted by atomic mass is 10.1. The zero-order valence-corrected chi connectivity index (χ0v) is 15.6. The molecule has 2 N–H and O–H groups in total. The van der Waals surface area contributed by atoms with E-state index in [1.165, 1.54) is 21.8 Å². The van der Waals surface area contributed by atoms with Gasteiger partial charge in [0.05, 0.1) is 5.69 Å². The Labute approximate surface area is 157 Å². The predicted molar refractivity (Wildman–Crippen MR) is 108 cm³/mol. The second kappa shape index (κ2) is 6.79.